The first-order chi connectivity index (χ1) is 16.8. The van der Waals surface area contributed by atoms with E-state index in [4.69, 9.17) is 0 Å². The highest BCUT2D eigenvalue weighted by Crippen LogP contribution is 2.31. The number of halogens is 1. The number of anilines is 1. The molecular formula is C27H28FN5OS. The lowest BCUT2D eigenvalue weighted by Gasteiger charge is -2.21. The Balaban J connectivity index is 1.59. The topological polar surface area (TPSA) is 63.1 Å². The Kier molecular flexibility index (Phi) is 7.63. The zero-order valence-corrected chi connectivity index (χ0v) is 21.0. The van der Waals surface area contributed by atoms with E-state index in [2.05, 4.69) is 15.5 Å². The van der Waals surface area contributed by atoms with Crippen molar-refractivity contribution in [2.24, 2.45) is 0 Å². The number of hydrogen-bond donors (Lipinski definition) is 1. The molecule has 0 radical (unpaired) electrons. The van der Waals surface area contributed by atoms with Crippen LogP contribution >= 0.6 is 11.8 Å². The van der Waals surface area contributed by atoms with Crippen molar-refractivity contribution in [1.82, 2.24) is 19.7 Å². The molecule has 0 spiro atoms. The third-order valence-corrected chi connectivity index (χ3v) is 6.86. The molecule has 1 N–H and O–H groups in total. The molecule has 8 heteroatoms. The second-order valence-electron chi connectivity index (χ2n) is 8.45. The van der Waals surface area contributed by atoms with E-state index >= 15 is 0 Å². The van der Waals surface area contributed by atoms with Gasteiger partial charge in [0, 0.05) is 16.9 Å². The number of amides is 1. The number of carbonyl (C=O) groups excluding carboxylic acids is 1. The highest BCUT2D eigenvalue weighted by atomic mass is 32.2. The van der Waals surface area contributed by atoms with Crippen molar-refractivity contribution in [3.05, 3.63) is 90.5 Å². The fraction of sp³-hybridized carbons (Fsp3) is 0.222. The normalized spacial score (nSPS) is 13.0. The highest BCUT2D eigenvalue weighted by Gasteiger charge is 2.25. The van der Waals surface area contributed by atoms with E-state index in [1.54, 1.807) is 12.1 Å². The van der Waals surface area contributed by atoms with Gasteiger partial charge < -0.3 is 5.32 Å². The van der Waals surface area contributed by atoms with Crippen molar-refractivity contribution in [3.63, 3.8) is 0 Å². The van der Waals surface area contributed by atoms with E-state index < -0.39 is 5.25 Å². The van der Waals surface area contributed by atoms with Crippen LogP contribution in [0.5, 0.6) is 0 Å². The Morgan fingerprint density at radius 1 is 0.943 bits per heavy atom. The van der Waals surface area contributed by atoms with E-state index in [0.29, 0.717) is 11.0 Å². The maximum absolute atomic E-state index is 13.6. The molecule has 2 atom stereocenters. The Morgan fingerprint density at radius 3 is 2.29 bits per heavy atom. The molecule has 0 aliphatic rings. The van der Waals surface area contributed by atoms with Gasteiger partial charge in [0.2, 0.25) is 5.91 Å². The van der Waals surface area contributed by atoms with E-state index in [-0.39, 0.29) is 17.8 Å². The van der Waals surface area contributed by atoms with Crippen LogP contribution in [0.2, 0.25) is 0 Å². The van der Waals surface area contributed by atoms with E-state index in [1.807, 2.05) is 92.0 Å². The van der Waals surface area contributed by atoms with Crippen LogP contribution in [0.25, 0.3) is 16.8 Å². The van der Waals surface area contributed by atoms with Gasteiger partial charge in [-0.15, -0.1) is 10.2 Å². The Morgan fingerprint density at radius 2 is 1.60 bits per heavy atom. The zero-order chi connectivity index (χ0) is 24.9. The lowest BCUT2D eigenvalue weighted by Crippen LogP contribution is -2.24. The predicted molar refractivity (Wildman–Crippen MR) is 139 cm³/mol. The monoisotopic (exact) mass is 489 g/mol. The number of carbonyl (C=O) groups is 1. The zero-order valence-electron chi connectivity index (χ0n) is 20.1. The van der Waals surface area contributed by atoms with Crippen LogP contribution in [0.15, 0.2) is 84.0 Å². The van der Waals surface area contributed by atoms with Crippen molar-refractivity contribution >= 4 is 23.4 Å². The van der Waals surface area contributed by atoms with Gasteiger partial charge in [0.15, 0.2) is 11.0 Å². The summed E-state index contributed by atoms with van der Waals surface area (Å²) in [5.74, 6) is 0.253. The number of para-hydroxylation sites is 1. The highest BCUT2D eigenvalue weighted by molar-refractivity contribution is 8.00. The molecule has 1 amide bonds. The van der Waals surface area contributed by atoms with E-state index in [1.165, 1.54) is 23.9 Å². The second-order valence-corrected chi connectivity index (χ2v) is 9.76. The first-order valence-corrected chi connectivity index (χ1v) is 12.2. The van der Waals surface area contributed by atoms with Gasteiger partial charge in [-0.05, 0) is 63.8 Å². The predicted octanol–water partition coefficient (Wildman–Crippen LogP) is 5.82. The van der Waals surface area contributed by atoms with Crippen LogP contribution in [-0.4, -0.2) is 44.9 Å². The second kappa shape index (κ2) is 10.8. The third kappa shape index (κ3) is 5.61. The molecule has 4 aromatic rings. The summed E-state index contributed by atoms with van der Waals surface area (Å²) in [4.78, 5) is 15.2. The Hall–Kier alpha value is -3.49. The summed E-state index contributed by atoms with van der Waals surface area (Å²) in [5, 5.41) is 12.0. The molecule has 6 nitrogen and oxygen atoms in total. The molecule has 0 aliphatic heterocycles. The van der Waals surface area contributed by atoms with Gasteiger partial charge in [-0.2, -0.15) is 0 Å². The van der Waals surface area contributed by atoms with Crippen molar-refractivity contribution in [3.8, 4) is 16.8 Å². The molecule has 1 heterocycles. The van der Waals surface area contributed by atoms with Crippen LogP contribution in [-0.2, 0) is 4.79 Å². The van der Waals surface area contributed by atoms with Crippen molar-refractivity contribution < 1.29 is 9.18 Å². The molecule has 1 aromatic heterocycles. The van der Waals surface area contributed by atoms with Gasteiger partial charge >= 0.3 is 0 Å². The largest absolute Gasteiger partial charge is 0.325 e. The Bertz CT molecular complexity index is 1290. The third-order valence-electron chi connectivity index (χ3n) is 5.81. The minimum Gasteiger partial charge on any atom is -0.325 e. The van der Waals surface area contributed by atoms with Crippen LogP contribution in [0.3, 0.4) is 0 Å². The lowest BCUT2D eigenvalue weighted by molar-refractivity contribution is -0.115. The first kappa shape index (κ1) is 24.6. The molecule has 0 bridgehead atoms. The van der Waals surface area contributed by atoms with E-state index in [9.17, 15) is 9.18 Å². The fourth-order valence-electron chi connectivity index (χ4n) is 3.60. The molecule has 35 heavy (non-hydrogen) atoms. The van der Waals surface area contributed by atoms with Gasteiger partial charge in [-0.3, -0.25) is 14.3 Å². The standard InChI is InChI=1S/C27H28FN5OS/c1-18(32(3)4)25-30-31-27(33(25)22-16-14-21(28)15-17-22)35-19(2)26(34)29-24-13-9-8-12-23(24)20-10-6-5-7-11-20/h5-19H,1-4H3,(H,29,34)/t18-,19+/m1/s1. The van der Waals surface area contributed by atoms with Crippen LogP contribution in [0.4, 0.5) is 10.1 Å². The summed E-state index contributed by atoms with van der Waals surface area (Å²) < 4.78 is 15.5. The molecule has 0 unspecified atom stereocenters. The number of nitrogens with one attached hydrogen (secondary N) is 1. The number of aromatic nitrogens is 3. The van der Waals surface area contributed by atoms with Gasteiger partial charge in [0.05, 0.1) is 11.3 Å². The summed E-state index contributed by atoms with van der Waals surface area (Å²) in [7, 11) is 3.92. The van der Waals surface area contributed by atoms with Crippen molar-refractivity contribution in [1.29, 1.82) is 0 Å². The van der Waals surface area contributed by atoms with Gasteiger partial charge in [-0.25, -0.2) is 4.39 Å². The summed E-state index contributed by atoms with van der Waals surface area (Å²) in [6.07, 6.45) is 0. The smallest absolute Gasteiger partial charge is 0.237 e. The number of rotatable bonds is 8. The van der Waals surface area contributed by atoms with Crippen LogP contribution in [0, 0.1) is 5.82 Å². The number of benzene rings is 3. The van der Waals surface area contributed by atoms with Gasteiger partial charge in [-0.1, -0.05) is 60.3 Å². The lowest BCUT2D eigenvalue weighted by atomic mass is 10.0. The summed E-state index contributed by atoms with van der Waals surface area (Å²) in [5.41, 5.74) is 3.47. The molecule has 0 fully saturated rings. The number of thioether (sulfide) groups is 1. The minimum absolute atomic E-state index is 0.0382. The maximum atomic E-state index is 13.6. The average molecular weight is 490 g/mol. The quantitative estimate of drug-likeness (QED) is 0.316. The molecule has 180 valence electrons. The fourth-order valence-corrected chi connectivity index (χ4v) is 4.47. The number of hydrogen-bond acceptors (Lipinski definition) is 5. The summed E-state index contributed by atoms with van der Waals surface area (Å²) in [6.45, 7) is 3.86. The summed E-state index contributed by atoms with van der Waals surface area (Å²) in [6, 6.07) is 23.8. The average Bonchev–Trinajstić information content (AvgIpc) is 3.28. The Labute approximate surface area is 209 Å². The molecule has 0 aliphatic carbocycles. The molecule has 3 aromatic carbocycles. The molecular weight excluding hydrogens is 461 g/mol. The summed E-state index contributed by atoms with van der Waals surface area (Å²) >= 11 is 1.31. The minimum atomic E-state index is -0.454. The maximum Gasteiger partial charge on any atom is 0.237 e. The van der Waals surface area contributed by atoms with Crippen LogP contribution < -0.4 is 5.32 Å². The SMILES string of the molecule is C[C@H](Sc1nnc([C@@H](C)N(C)C)n1-c1ccc(F)cc1)C(=O)Nc1ccccc1-c1ccccc1. The number of nitrogens with zero attached hydrogens (tertiary/aromatic N) is 4. The molecule has 0 saturated carbocycles. The molecule has 4 rings (SSSR count). The first-order valence-electron chi connectivity index (χ1n) is 11.3. The van der Waals surface area contributed by atoms with Gasteiger partial charge in [0.1, 0.15) is 5.82 Å². The van der Waals surface area contributed by atoms with Gasteiger partial charge in [0.25, 0.3) is 0 Å². The molecule has 0 saturated heterocycles. The van der Waals surface area contributed by atoms with Crippen molar-refractivity contribution in [2.75, 3.05) is 19.4 Å². The van der Waals surface area contributed by atoms with Crippen LogP contribution in [0.1, 0.15) is 25.7 Å². The van der Waals surface area contributed by atoms with Crippen molar-refractivity contribution in [2.45, 2.75) is 30.3 Å². The van der Waals surface area contributed by atoms with E-state index in [0.717, 1.165) is 22.5 Å².